The summed E-state index contributed by atoms with van der Waals surface area (Å²) in [6, 6.07) is 0.454. The predicted octanol–water partition coefficient (Wildman–Crippen LogP) is -0.224. The minimum Gasteiger partial charge on any atom is -0.326 e. The van der Waals surface area contributed by atoms with Gasteiger partial charge in [0.2, 0.25) is 0 Å². The molecule has 0 aliphatic carbocycles. The van der Waals surface area contributed by atoms with Crippen LogP contribution in [0.15, 0.2) is 0 Å². The van der Waals surface area contributed by atoms with Crippen LogP contribution in [0.5, 0.6) is 0 Å². The molecule has 0 radical (unpaired) electrons. The first kappa shape index (κ1) is 6.39. The molecular weight excluding hydrogens is 120 g/mol. The maximum atomic E-state index is 5.68. The van der Waals surface area contributed by atoms with E-state index in [0.29, 0.717) is 5.25 Å². The van der Waals surface area contributed by atoms with Crippen molar-refractivity contribution in [2.75, 3.05) is 5.75 Å². The average Bonchev–Trinajstić information content (AvgIpc) is 1.98. The van der Waals surface area contributed by atoms with Crippen LogP contribution in [0.4, 0.5) is 0 Å². The van der Waals surface area contributed by atoms with Crippen LogP contribution in [-0.4, -0.2) is 23.1 Å². The van der Waals surface area contributed by atoms with E-state index in [0.717, 1.165) is 5.75 Å². The predicted molar refractivity (Wildman–Crippen MR) is 37.9 cm³/mol. The van der Waals surface area contributed by atoms with E-state index in [4.69, 9.17) is 11.5 Å². The van der Waals surface area contributed by atoms with Crippen molar-refractivity contribution >= 4 is 11.8 Å². The Morgan fingerprint density at radius 3 is 2.25 bits per heavy atom. The van der Waals surface area contributed by atoms with Crippen LogP contribution in [0.2, 0.25) is 0 Å². The zero-order valence-electron chi connectivity index (χ0n) is 5.00. The summed E-state index contributed by atoms with van der Waals surface area (Å²) in [6.45, 7) is 2.13. The summed E-state index contributed by atoms with van der Waals surface area (Å²) in [5.41, 5.74) is 11.3. The molecule has 48 valence electrons. The quantitative estimate of drug-likeness (QED) is 0.479. The Kier molecular flexibility index (Phi) is 1.80. The summed E-state index contributed by atoms with van der Waals surface area (Å²) in [7, 11) is 0. The standard InChI is InChI=1S/C5H12N2S/c1-3-5(7)4(6)2-8-3/h3-5H,2,6-7H2,1H3. The van der Waals surface area contributed by atoms with Crippen LogP contribution in [-0.2, 0) is 0 Å². The molecule has 3 atom stereocenters. The molecule has 0 bridgehead atoms. The van der Waals surface area contributed by atoms with Crippen molar-refractivity contribution in [1.29, 1.82) is 0 Å². The van der Waals surface area contributed by atoms with Gasteiger partial charge in [0.15, 0.2) is 0 Å². The van der Waals surface area contributed by atoms with Crippen molar-refractivity contribution < 1.29 is 0 Å². The Balaban J connectivity index is 2.44. The first-order chi connectivity index (χ1) is 3.72. The number of thioether (sulfide) groups is 1. The molecule has 2 nitrogen and oxygen atoms in total. The van der Waals surface area contributed by atoms with Crippen molar-refractivity contribution in [3.63, 3.8) is 0 Å². The zero-order valence-corrected chi connectivity index (χ0v) is 5.82. The van der Waals surface area contributed by atoms with Crippen molar-refractivity contribution in [3.05, 3.63) is 0 Å². The van der Waals surface area contributed by atoms with Gasteiger partial charge in [0, 0.05) is 23.1 Å². The molecule has 1 aliphatic heterocycles. The molecule has 0 saturated carbocycles. The third kappa shape index (κ3) is 0.989. The highest BCUT2D eigenvalue weighted by atomic mass is 32.2. The SMILES string of the molecule is CC1SCC(N)C1N. The molecule has 0 amide bonds. The number of rotatable bonds is 0. The molecule has 0 aromatic heterocycles. The molecule has 4 N–H and O–H groups in total. The van der Waals surface area contributed by atoms with Gasteiger partial charge >= 0.3 is 0 Å². The van der Waals surface area contributed by atoms with Gasteiger partial charge in [-0.05, 0) is 0 Å². The molecular formula is C5H12N2S. The maximum absolute atomic E-state index is 5.68. The second kappa shape index (κ2) is 2.25. The minimum atomic E-state index is 0.222. The Bertz CT molecular complexity index is 76.5. The Hall–Kier alpha value is 0.270. The topological polar surface area (TPSA) is 52.0 Å². The zero-order chi connectivity index (χ0) is 6.15. The van der Waals surface area contributed by atoms with Gasteiger partial charge in [-0.3, -0.25) is 0 Å². The lowest BCUT2D eigenvalue weighted by Crippen LogP contribution is -2.42. The fourth-order valence-corrected chi connectivity index (χ4v) is 2.01. The summed E-state index contributed by atoms with van der Waals surface area (Å²) < 4.78 is 0. The van der Waals surface area contributed by atoms with Crippen molar-refractivity contribution in [2.45, 2.75) is 24.3 Å². The molecule has 1 aliphatic rings. The Morgan fingerprint density at radius 2 is 2.12 bits per heavy atom. The Labute approximate surface area is 54.0 Å². The van der Waals surface area contributed by atoms with Crippen molar-refractivity contribution in [3.8, 4) is 0 Å². The first-order valence-corrected chi connectivity index (χ1v) is 3.89. The normalized spacial score (nSPS) is 47.6. The lowest BCUT2D eigenvalue weighted by atomic mass is 10.1. The summed E-state index contributed by atoms with van der Waals surface area (Å²) >= 11 is 1.86. The summed E-state index contributed by atoms with van der Waals surface area (Å²) in [5, 5.41) is 0.560. The van der Waals surface area contributed by atoms with Crippen molar-refractivity contribution in [1.82, 2.24) is 0 Å². The fourth-order valence-electron chi connectivity index (χ4n) is 0.833. The molecule has 8 heavy (non-hydrogen) atoms. The monoisotopic (exact) mass is 132 g/mol. The van der Waals surface area contributed by atoms with E-state index in [1.165, 1.54) is 0 Å². The molecule has 3 unspecified atom stereocenters. The number of nitrogens with two attached hydrogens (primary N) is 2. The second-order valence-corrected chi connectivity index (χ2v) is 3.69. The molecule has 0 aromatic rings. The van der Waals surface area contributed by atoms with Crippen LogP contribution in [0.3, 0.4) is 0 Å². The van der Waals surface area contributed by atoms with Crippen molar-refractivity contribution in [2.24, 2.45) is 11.5 Å². The van der Waals surface area contributed by atoms with Gasteiger partial charge in [0.25, 0.3) is 0 Å². The van der Waals surface area contributed by atoms with Gasteiger partial charge in [-0.15, -0.1) is 0 Å². The largest absolute Gasteiger partial charge is 0.326 e. The highest BCUT2D eigenvalue weighted by Crippen LogP contribution is 2.23. The summed E-state index contributed by atoms with van der Waals surface area (Å²) in [4.78, 5) is 0. The lowest BCUT2D eigenvalue weighted by Gasteiger charge is -2.10. The van der Waals surface area contributed by atoms with E-state index >= 15 is 0 Å². The lowest BCUT2D eigenvalue weighted by molar-refractivity contribution is 0.589. The molecule has 1 saturated heterocycles. The van der Waals surface area contributed by atoms with Gasteiger partial charge in [-0.1, -0.05) is 6.92 Å². The highest BCUT2D eigenvalue weighted by Gasteiger charge is 2.27. The van der Waals surface area contributed by atoms with E-state index in [1.54, 1.807) is 0 Å². The van der Waals surface area contributed by atoms with Gasteiger partial charge in [0.1, 0.15) is 0 Å². The second-order valence-electron chi connectivity index (χ2n) is 2.28. The van der Waals surface area contributed by atoms with E-state index in [1.807, 2.05) is 11.8 Å². The van der Waals surface area contributed by atoms with Crippen LogP contribution >= 0.6 is 11.8 Å². The average molecular weight is 132 g/mol. The van der Waals surface area contributed by atoms with Gasteiger partial charge in [0.05, 0.1) is 0 Å². The van der Waals surface area contributed by atoms with E-state index in [2.05, 4.69) is 6.92 Å². The van der Waals surface area contributed by atoms with E-state index in [9.17, 15) is 0 Å². The van der Waals surface area contributed by atoms with Crippen LogP contribution in [0, 0.1) is 0 Å². The van der Waals surface area contributed by atoms with Gasteiger partial charge < -0.3 is 11.5 Å². The summed E-state index contributed by atoms with van der Waals surface area (Å²) in [5.74, 6) is 1.03. The van der Waals surface area contributed by atoms with E-state index in [-0.39, 0.29) is 12.1 Å². The molecule has 1 heterocycles. The fraction of sp³-hybridized carbons (Fsp3) is 1.00. The number of hydrogen-bond acceptors (Lipinski definition) is 3. The van der Waals surface area contributed by atoms with Crippen LogP contribution in [0.25, 0.3) is 0 Å². The third-order valence-corrected chi connectivity index (χ3v) is 3.01. The first-order valence-electron chi connectivity index (χ1n) is 2.84. The number of hydrogen-bond donors (Lipinski definition) is 2. The molecule has 0 aromatic carbocycles. The van der Waals surface area contributed by atoms with Crippen LogP contribution < -0.4 is 11.5 Å². The van der Waals surface area contributed by atoms with E-state index < -0.39 is 0 Å². The van der Waals surface area contributed by atoms with Gasteiger partial charge in [-0.2, -0.15) is 11.8 Å². The van der Waals surface area contributed by atoms with Crippen LogP contribution in [0.1, 0.15) is 6.92 Å². The molecule has 1 rings (SSSR count). The minimum absolute atomic E-state index is 0.222. The molecule has 0 spiro atoms. The highest BCUT2D eigenvalue weighted by molar-refractivity contribution is 8.00. The Morgan fingerprint density at radius 1 is 1.50 bits per heavy atom. The molecule has 1 fully saturated rings. The maximum Gasteiger partial charge on any atom is 0.0318 e. The summed E-state index contributed by atoms with van der Waals surface area (Å²) in [6.07, 6.45) is 0. The molecule has 3 heteroatoms. The smallest absolute Gasteiger partial charge is 0.0318 e. The third-order valence-electron chi connectivity index (χ3n) is 1.59. The van der Waals surface area contributed by atoms with Gasteiger partial charge in [-0.25, -0.2) is 0 Å².